The largest absolute Gasteiger partial charge is 0.507 e. The van der Waals surface area contributed by atoms with E-state index in [9.17, 15) is 9.90 Å². The second-order valence-corrected chi connectivity index (χ2v) is 11.0. The highest BCUT2D eigenvalue weighted by molar-refractivity contribution is 5.83. The van der Waals surface area contributed by atoms with Crippen LogP contribution in [-0.4, -0.2) is 11.7 Å². The van der Waals surface area contributed by atoms with Gasteiger partial charge in [0, 0.05) is 6.07 Å². The Bertz CT molecular complexity index is 888. The van der Waals surface area contributed by atoms with Gasteiger partial charge in [-0.15, -0.1) is 0 Å². The number of benzene rings is 1. The highest BCUT2D eigenvalue weighted by Gasteiger charge is 2.12. The van der Waals surface area contributed by atoms with Gasteiger partial charge in [-0.3, -0.25) is 0 Å². The van der Waals surface area contributed by atoms with Crippen molar-refractivity contribution >= 4 is 11.0 Å². The van der Waals surface area contributed by atoms with Gasteiger partial charge in [-0.1, -0.05) is 129 Å². The Morgan fingerprint density at radius 2 is 1.19 bits per heavy atom. The lowest BCUT2D eigenvalue weighted by molar-refractivity contribution is 0.224. The molecule has 2 aromatic rings. The van der Waals surface area contributed by atoms with Crippen molar-refractivity contribution in [2.75, 3.05) is 6.61 Å². The average Bonchev–Trinajstić information content (AvgIpc) is 2.89. The van der Waals surface area contributed by atoms with Crippen LogP contribution in [0.3, 0.4) is 0 Å². The molecular formula is C33H54O4. The first kappa shape index (κ1) is 31.2. The van der Waals surface area contributed by atoms with Crippen molar-refractivity contribution < 1.29 is 14.3 Å². The first-order chi connectivity index (χ1) is 18.1. The number of aromatic hydroxyl groups is 1. The van der Waals surface area contributed by atoms with E-state index in [1.165, 1.54) is 128 Å². The molecule has 0 aliphatic heterocycles. The van der Waals surface area contributed by atoms with Gasteiger partial charge < -0.3 is 14.3 Å². The fourth-order valence-corrected chi connectivity index (χ4v) is 5.23. The summed E-state index contributed by atoms with van der Waals surface area (Å²) in [6.07, 6.45) is 26.8. The number of hydrogen-bond donors (Lipinski definition) is 1. The van der Waals surface area contributed by atoms with E-state index in [1.807, 2.05) is 6.07 Å². The maximum atomic E-state index is 11.6. The van der Waals surface area contributed by atoms with Crippen LogP contribution in [0.15, 0.2) is 33.5 Å². The van der Waals surface area contributed by atoms with Crippen molar-refractivity contribution in [3.8, 4) is 11.5 Å². The van der Waals surface area contributed by atoms with E-state index in [-0.39, 0.29) is 5.75 Å². The zero-order valence-electron chi connectivity index (χ0n) is 23.9. The Hall–Kier alpha value is -1.97. The van der Waals surface area contributed by atoms with Gasteiger partial charge in [0.2, 0.25) is 0 Å². The predicted molar refractivity (Wildman–Crippen MR) is 157 cm³/mol. The zero-order valence-corrected chi connectivity index (χ0v) is 23.9. The first-order valence-electron chi connectivity index (χ1n) is 15.5. The van der Waals surface area contributed by atoms with Crippen LogP contribution in [0.25, 0.3) is 11.0 Å². The minimum atomic E-state index is -0.546. The van der Waals surface area contributed by atoms with Crippen LogP contribution in [0.1, 0.15) is 142 Å². The fraction of sp³-hybridized carbons (Fsp3) is 0.727. The molecule has 4 heteroatoms. The summed E-state index contributed by atoms with van der Waals surface area (Å²) >= 11 is 0. The van der Waals surface area contributed by atoms with E-state index in [0.717, 1.165) is 6.07 Å². The van der Waals surface area contributed by atoms with Crippen molar-refractivity contribution in [1.29, 1.82) is 0 Å². The monoisotopic (exact) mass is 514 g/mol. The van der Waals surface area contributed by atoms with E-state index >= 15 is 0 Å². The summed E-state index contributed by atoms with van der Waals surface area (Å²) in [5, 5.41) is 10.5. The van der Waals surface area contributed by atoms with Crippen LogP contribution in [-0.2, 0) is 0 Å². The van der Waals surface area contributed by atoms with Gasteiger partial charge in [0.15, 0.2) is 0 Å². The Kier molecular flexibility index (Phi) is 16.9. The molecule has 0 saturated heterocycles. The van der Waals surface area contributed by atoms with Crippen LogP contribution in [0.4, 0.5) is 0 Å². The summed E-state index contributed by atoms with van der Waals surface area (Å²) in [7, 11) is 0. The number of rotatable bonds is 23. The van der Waals surface area contributed by atoms with Crippen LogP contribution >= 0.6 is 0 Å². The molecule has 210 valence electrons. The van der Waals surface area contributed by atoms with Crippen molar-refractivity contribution in [3.05, 3.63) is 34.7 Å². The van der Waals surface area contributed by atoms with Gasteiger partial charge in [-0.25, -0.2) is 4.79 Å². The smallest absolute Gasteiger partial charge is 0.339 e. The molecule has 0 aliphatic rings. The zero-order chi connectivity index (χ0) is 26.6. The second kappa shape index (κ2) is 20.1. The van der Waals surface area contributed by atoms with Crippen LogP contribution < -0.4 is 10.4 Å². The fourth-order valence-electron chi connectivity index (χ4n) is 5.23. The lowest BCUT2D eigenvalue weighted by Crippen LogP contribution is -2.12. The van der Waals surface area contributed by atoms with E-state index in [4.69, 9.17) is 9.15 Å². The quantitative estimate of drug-likeness (QED) is 0.118. The summed E-state index contributed by atoms with van der Waals surface area (Å²) in [5.41, 5.74) is -0.174. The standard InChI is InChI=1S/C33H54O4/c1-3-5-7-9-11-13-14-16-18-20-22-28(21-19-17-15-12-10-8-6-4-2)27-36-29-23-24-30-31(34)26-33(35)37-32(30)25-29/h23-26,28,34H,3-22,27H2,1-2H3. The van der Waals surface area contributed by atoms with Crippen molar-refractivity contribution in [3.63, 3.8) is 0 Å². The Balaban J connectivity index is 1.75. The highest BCUT2D eigenvalue weighted by atomic mass is 16.5. The Morgan fingerprint density at radius 1 is 0.703 bits per heavy atom. The minimum absolute atomic E-state index is 0.0497. The van der Waals surface area contributed by atoms with Gasteiger partial charge in [-0.05, 0) is 30.9 Å². The molecule has 2 rings (SSSR count). The molecule has 37 heavy (non-hydrogen) atoms. The van der Waals surface area contributed by atoms with E-state index in [0.29, 0.717) is 29.2 Å². The lowest BCUT2D eigenvalue weighted by atomic mass is 9.94. The maximum absolute atomic E-state index is 11.6. The number of hydrogen-bond acceptors (Lipinski definition) is 4. The molecule has 0 radical (unpaired) electrons. The van der Waals surface area contributed by atoms with E-state index in [2.05, 4.69) is 13.8 Å². The SMILES string of the molecule is CCCCCCCCCCCCC(CCCCCCCCCC)COc1ccc2c(O)cc(=O)oc2c1. The molecule has 0 fully saturated rings. The lowest BCUT2D eigenvalue weighted by Gasteiger charge is -2.18. The molecule has 0 aliphatic carbocycles. The summed E-state index contributed by atoms with van der Waals surface area (Å²) in [6.45, 7) is 5.25. The van der Waals surface area contributed by atoms with E-state index in [1.54, 1.807) is 12.1 Å². The van der Waals surface area contributed by atoms with Crippen molar-refractivity contribution in [2.24, 2.45) is 5.92 Å². The molecule has 1 aromatic carbocycles. The van der Waals surface area contributed by atoms with Gasteiger partial charge in [0.1, 0.15) is 17.1 Å². The number of fused-ring (bicyclic) bond motifs is 1. The molecule has 1 atom stereocenters. The van der Waals surface area contributed by atoms with Crippen LogP contribution in [0.2, 0.25) is 0 Å². The molecule has 0 bridgehead atoms. The minimum Gasteiger partial charge on any atom is -0.507 e. The van der Waals surface area contributed by atoms with Gasteiger partial charge in [0.25, 0.3) is 0 Å². The predicted octanol–water partition coefficient (Wildman–Crippen LogP) is 10.3. The Labute approximate surface area is 226 Å². The normalized spacial score (nSPS) is 12.3. The third-order valence-electron chi connectivity index (χ3n) is 7.61. The molecule has 1 aromatic heterocycles. The molecule has 0 amide bonds. The topological polar surface area (TPSA) is 59.7 Å². The third kappa shape index (κ3) is 13.9. The van der Waals surface area contributed by atoms with Gasteiger partial charge >= 0.3 is 5.63 Å². The average molecular weight is 515 g/mol. The highest BCUT2D eigenvalue weighted by Crippen LogP contribution is 2.27. The maximum Gasteiger partial charge on any atom is 0.339 e. The van der Waals surface area contributed by atoms with Gasteiger partial charge in [-0.2, -0.15) is 0 Å². The molecule has 4 nitrogen and oxygen atoms in total. The summed E-state index contributed by atoms with van der Waals surface area (Å²) in [6, 6.07) is 6.45. The van der Waals surface area contributed by atoms with E-state index < -0.39 is 5.63 Å². The summed E-state index contributed by atoms with van der Waals surface area (Å²) in [5.74, 6) is 1.21. The summed E-state index contributed by atoms with van der Waals surface area (Å²) in [4.78, 5) is 11.6. The molecular weight excluding hydrogens is 460 g/mol. The molecule has 0 spiro atoms. The second-order valence-electron chi connectivity index (χ2n) is 11.0. The number of ether oxygens (including phenoxy) is 1. The van der Waals surface area contributed by atoms with Gasteiger partial charge in [0.05, 0.1) is 18.1 Å². The molecule has 1 heterocycles. The van der Waals surface area contributed by atoms with Crippen molar-refractivity contribution in [2.45, 2.75) is 142 Å². The molecule has 1 N–H and O–H groups in total. The molecule has 1 unspecified atom stereocenters. The Morgan fingerprint density at radius 3 is 1.70 bits per heavy atom. The van der Waals surface area contributed by atoms with Crippen molar-refractivity contribution in [1.82, 2.24) is 0 Å². The molecule has 0 saturated carbocycles. The van der Waals surface area contributed by atoms with Crippen LogP contribution in [0.5, 0.6) is 11.5 Å². The third-order valence-corrected chi connectivity index (χ3v) is 7.61. The first-order valence-corrected chi connectivity index (χ1v) is 15.5. The van der Waals surface area contributed by atoms with Crippen LogP contribution in [0, 0.1) is 5.92 Å². The number of unbranched alkanes of at least 4 members (excludes halogenated alkanes) is 16. The summed E-state index contributed by atoms with van der Waals surface area (Å²) < 4.78 is 11.4.